The summed E-state index contributed by atoms with van der Waals surface area (Å²) in [5.74, 6) is 1.31. The van der Waals surface area contributed by atoms with Gasteiger partial charge in [0.15, 0.2) is 0 Å². The minimum Gasteiger partial charge on any atom is -0.393 e. The first-order chi connectivity index (χ1) is 12.4. The van der Waals surface area contributed by atoms with Gasteiger partial charge in [-0.2, -0.15) is 4.98 Å². The lowest BCUT2D eigenvalue weighted by Crippen LogP contribution is -2.43. The van der Waals surface area contributed by atoms with Crippen LogP contribution in [-0.4, -0.2) is 39.4 Å². The van der Waals surface area contributed by atoms with Gasteiger partial charge < -0.3 is 20.8 Å². The number of halogens is 1. The van der Waals surface area contributed by atoms with E-state index in [2.05, 4.69) is 14.9 Å². The minimum absolute atomic E-state index is 0.232. The highest BCUT2D eigenvalue weighted by Crippen LogP contribution is 2.38. The summed E-state index contributed by atoms with van der Waals surface area (Å²) in [6.45, 7) is 1.37. The van der Waals surface area contributed by atoms with Crippen LogP contribution in [0.4, 0.5) is 11.8 Å². The van der Waals surface area contributed by atoms with Crippen LogP contribution in [0.1, 0.15) is 42.9 Å². The molecule has 4 rings (SSSR count). The normalized spacial score (nSPS) is 25.0. The number of piperidine rings is 1. The molecule has 0 spiro atoms. The Hall–Kier alpha value is -1.89. The van der Waals surface area contributed by atoms with Gasteiger partial charge in [-0.15, -0.1) is 0 Å². The van der Waals surface area contributed by atoms with Crippen molar-refractivity contribution in [2.45, 2.75) is 43.3 Å². The lowest BCUT2D eigenvalue weighted by molar-refractivity contribution is 0.0116. The Morgan fingerprint density at radius 1 is 1.12 bits per heavy atom. The number of aliphatic hydroxyl groups is 2. The maximum absolute atomic E-state index is 11.0. The van der Waals surface area contributed by atoms with Crippen LogP contribution in [0.25, 0.3) is 0 Å². The van der Waals surface area contributed by atoms with E-state index in [0.29, 0.717) is 31.0 Å². The maximum Gasteiger partial charge on any atom is 0.222 e. The zero-order chi connectivity index (χ0) is 18.3. The number of hydrogen-bond donors (Lipinski definition) is 3. The van der Waals surface area contributed by atoms with Gasteiger partial charge in [-0.1, -0.05) is 23.7 Å². The molecule has 0 radical (unpaired) electrons. The topological polar surface area (TPSA) is 95.5 Å². The molecule has 1 aromatic carbocycles. The predicted octanol–water partition coefficient (Wildman–Crippen LogP) is 2.44. The van der Waals surface area contributed by atoms with Crippen molar-refractivity contribution in [2.75, 3.05) is 23.7 Å². The number of aromatic nitrogens is 2. The van der Waals surface area contributed by atoms with Crippen molar-refractivity contribution in [3.05, 3.63) is 46.6 Å². The van der Waals surface area contributed by atoms with Crippen molar-refractivity contribution in [3.8, 4) is 0 Å². The quantitative estimate of drug-likeness (QED) is 0.763. The van der Waals surface area contributed by atoms with E-state index < -0.39 is 5.60 Å². The van der Waals surface area contributed by atoms with E-state index in [-0.39, 0.29) is 18.0 Å². The van der Waals surface area contributed by atoms with E-state index in [1.807, 2.05) is 30.3 Å². The molecule has 26 heavy (non-hydrogen) atoms. The number of hydrogen-bond acceptors (Lipinski definition) is 6. The third-order valence-corrected chi connectivity index (χ3v) is 5.83. The smallest absolute Gasteiger partial charge is 0.222 e. The molecular formula is C19H23ClN4O2. The van der Waals surface area contributed by atoms with E-state index in [1.54, 1.807) is 0 Å². The van der Waals surface area contributed by atoms with Crippen molar-refractivity contribution in [3.63, 3.8) is 0 Å². The molecule has 2 aliphatic rings. The highest BCUT2D eigenvalue weighted by Gasteiger charge is 2.35. The summed E-state index contributed by atoms with van der Waals surface area (Å²) in [4.78, 5) is 10.9. The van der Waals surface area contributed by atoms with E-state index in [9.17, 15) is 10.2 Å². The molecule has 6 nitrogen and oxygen atoms in total. The molecule has 1 aliphatic carbocycles. The number of rotatable bonds is 3. The van der Waals surface area contributed by atoms with E-state index >= 15 is 0 Å². The van der Waals surface area contributed by atoms with Crippen molar-refractivity contribution >= 4 is 23.4 Å². The molecule has 1 saturated carbocycles. The molecule has 2 heterocycles. The van der Waals surface area contributed by atoms with Crippen molar-refractivity contribution in [1.29, 1.82) is 0 Å². The molecule has 2 aromatic rings. The Labute approximate surface area is 157 Å². The second-order valence-corrected chi connectivity index (χ2v) is 7.79. The molecule has 138 valence electrons. The second kappa shape index (κ2) is 6.68. The summed E-state index contributed by atoms with van der Waals surface area (Å²) in [7, 11) is 0. The van der Waals surface area contributed by atoms with Crippen LogP contribution in [0.2, 0.25) is 5.02 Å². The average Bonchev–Trinajstić information content (AvgIpc) is 2.59. The Balaban J connectivity index is 1.48. The molecule has 1 saturated heterocycles. The van der Waals surface area contributed by atoms with Gasteiger partial charge in [0.2, 0.25) is 5.95 Å². The van der Waals surface area contributed by atoms with Gasteiger partial charge in [0.05, 0.1) is 17.4 Å². The number of aliphatic hydroxyl groups excluding tert-OH is 1. The summed E-state index contributed by atoms with van der Waals surface area (Å²) in [6, 6.07) is 9.37. The molecule has 0 amide bonds. The predicted molar refractivity (Wildman–Crippen MR) is 101 cm³/mol. The second-order valence-electron chi connectivity index (χ2n) is 7.36. The van der Waals surface area contributed by atoms with Crippen LogP contribution < -0.4 is 10.6 Å². The zero-order valence-corrected chi connectivity index (χ0v) is 15.2. The maximum atomic E-state index is 11.0. The van der Waals surface area contributed by atoms with Gasteiger partial charge in [-0.25, -0.2) is 4.98 Å². The highest BCUT2D eigenvalue weighted by atomic mass is 35.5. The summed E-state index contributed by atoms with van der Waals surface area (Å²) in [6.07, 6.45) is 2.44. The highest BCUT2D eigenvalue weighted by molar-refractivity contribution is 6.30. The van der Waals surface area contributed by atoms with Crippen LogP contribution in [-0.2, 0) is 5.60 Å². The summed E-state index contributed by atoms with van der Waals surface area (Å²) in [5.41, 5.74) is 6.85. The summed E-state index contributed by atoms with van der Waals surface area (Å²) >= 11 is 5.95. The third kappa shape index (κ3) is 3.37. The molecule has 2 fully saturated rings. The van der Waals surface area contributed by atoms with Gasteiger partial charge in [-0.05, 0) is 43.4 Å². The summed E-state index contributed by atoms with van der Waals surface area (Å²) in [5, 5.41) is 21.2. The first-order valence-corrected chi connectivity index (χ1v) is 9.37. The first-order valence-electron chi connectivity index (χ1n) is 8.99. The molecule has 0 unspecified atom stereocenters. The van der Waals surface area contributed by atoms with Gasteiger partial charge >= 0.3 is 0 Å². The largest absolute Gasteiger partial charge is 0.393 e. The van der Waals surface area contributed by atoms with E-state index in [1.165, 1.54) is 0 Å². The number of benzene rings is 1. The molecule has 0 atom stereocenters. The number of anilines is 2. The lowest BCUT2D eigenvalue weighted by Gasteiger charge is -2.39. The van der Waals surface area contributed by atoms with E-state index in [0.717, 1.165) is 29.9 Å². The fraction of sp³-hybridized carbons (Fsp3) is 0.474. The van der Waals surface area contributed by atoms with Crippen LogP contribution in [0.3, 0.4) is 0 Å². The first kappa shape index (κ1) is 17.5. The molecule has 4 N–H and O–H groups in total. The molecule has 7 heteroatoms. The van der Waals surface area contributed by atoms with Gasteiger partial charge in [0, 0.05) is 30.1 Å². The van der Waals surface area contributed by atoms with Crippen molar-refractivity contribution < 1.29 is 10.2 Å². The number of nitrogens with two attached hydrogens (primary N) is 1. The molecule has 0 bridgehead atoms. The van der Waals surface area contributed by atoms with Crippen molar-refractivity contribution in [1.82, 2.24) is 9.97 Å². The minimum atomic E-state index is -0.847. The van der Waals surface area contributed by atoms with Crippen LogP contribution in [0, 0.1) is 0 Å². The monoisotopic (exact) mass is 374 g/mol. The SMILES string of the molecule is Nc1nc(C2CC(O)C2)cc(N2CCC(O)(c3ccc(Cl)cc3)CC2)n1. The Kier molecular flexibility index (Phi) is 4.50. The fourth-order valence-corrected chi connectivity index (χ4v) is 3.95. The lowest BCUT2D eigenvalue weighted by atomic mass is 9.80. The third-order valence-electron chi connectivity index (χ3n) is 5.58. The van der Waals surface area contributed by atoms with Crippen LogP contribution >= 0.6 is 11.6 Å². The Bertz CT molecular complexity index is 785. The Morgan fingerprint density at radius 2 is 1.77 bits per heavy atom. The van der Waals surface area contributed by atoms with Gasteiger partial charge in [-0.3, -0.25) is 0 Å². The average molecular weight is 375 g/mol. The standard InChI is InChI=1S/C19H23ClN4O2/c20-14-3-1-13(2-4-14)19(26)5-7-24(8-6-19)17-11-16(22-18(21)23-17)12-9-15(25)10-12/h1-4,11-12,15,25-26H,5-10H2,(H2,21,22,23). The number of nitrogen functional groups attached to an aromatic ring is 1. The molecule has 1 aliphatic heterocycles. The number of nitrogens with zero attached hydrogens (tertiary/aromatic N) is 3. The van der Waals surface area contributed by atoms with Crippen LogP contribution in [0.5, 0.6) is 0 Å². The van der Waals surface area contributed by atoms with Crippen molar-refractivity contribution in [2.24, 2.45) is 0 Å². The van der Waals surface area contributed by atoms with Gasteiger partial charge in [0.1, 0.15) is 5.82 Å². The summed E-state index contributed by atoms with van der Waals surface area (Å²) < 4.78 is 0. The molecule has 1 aromatic heterocycles. The Morgan fingerprint density at radius 3 is 2.38 bits per heavy atom. The molecular weight excluding hydrogens is 352 g/mol. The van der Waals surface area contributed by atoms with Crippen LogP contribution in [0.15, 0.2) is 30.3 Å². The van der Waals surface area contributed by atoms with Gasteiger partial charge in [0.25, 0.3) is 0 Å². The fourth-order valence-electron chi connectivity index (χ4n) is 3.83. The zero-order valence-electron chi connectivity index (χ0n) is 14.5. The van der Waals surface area contributed by atoms with E-state index in [4.69, 9.17) is 17.3 Å².